The number of alkyl carbamates (subject to hydrolysis) is 1. The minimum atomic E-state index is -4.60. The first-order valence-corrected chi connectivity index (χ1v) is 8.84. The van der Waals surface area contributed by atoms with Crippen molar-refractivity contribution < 1.29 is 27.5 Å². The van der Waals surface area contributed by atoms with Gasteiger partial charge in [0.05, 0.1) is 5.69 Å². The maximum atomic E-state index is 11.9. The highest BCUT2D eigenvalue weighted by atomic mass is 32.1. The lowest BCUT2D eigenvalue weighted by Gasteiger charge is -2.19. The summed E-state index contributed by atoms with van der Waals surface area (Å²) in [7, 11) is 0. The monoisotopic (exact) mass is 379 g/mol. The molecule has 25 heavy (non-hydrogen) atoms. The molecule has 0 aromatic carbocycles. The largest absolute Gasteiger partial charge is 0.440 e. The van der Waals surface area contributed by atoms with E-state index in [0.717, 1.165) is 36.3 Å². The minimum absolute atomic E-state index is 0.442. The van der Waals surface area contributed by atoms with Gasteiger partial charge in [-0.15, -0.1) is 11.3 Å². The summed E-state index contributed by atoms with van der Waals surface area (Å²) >= 11 is 1.41. The number of anilines is 1. The lowest BCUT2D eigenvalue weighted by Crippen LogP contribution is -2.35. The number of alkyl halides is 3. The molecular weight excluding hydrogens is 359 g/mol. The first kappa shape index (κ1) is 19.5. The lowest BCUT2D eigenvalue weighted by molar-refractivity contribution is -0.160. The second-order valence-corrected chi connectivity index (χ2v) is 6.96. The first-order valence-electron chi connectivity index (χ1n) is 8.02. The van der Waals surface area contributed by atoms with Crippen LogP contribution in [0.3, 0.4) is 0 Å². The quantitative estimate of drug-likeness (QED) is 0.795. The van der Waals surface area contributed by atoms with Crippen LogP contribution in [-0.2, 0) is 22.4 Å². The maximum Gasteiger partial charge on any atom is 0.422 e. The molecule has 1 heterocycles. The molecule has 1 aromatic heterocycles. The predicted octanol–water partition coefficient (Wildman–Crippen LogP) is 3.28. The third-order valence-electron chi connectivity index (χ3n) is 3.75. The number of nitrogens with zero attached hydrogens (tertiary/aromatic N) is 1. The zero-order chi connectivity index (χ0) is 18.4. The molecule has 0 spiro atoms. The second kappa shape index (κ2) is 8.50. The van der Waals surface area contributed by atoms with Crippen molar-refractivity contribution in [3.63, 3.8) is 0 Å². The second-order valence-electron chi connectivity index (χ2n) is 5.88. The van der Waals surface area contributed by atoms with Crippen LogP contribution in [0.15, 0.2) is 0 Å². The van der Waals surface area contributed by atoms with Crippen molar-refractivity contribution in [1.82, 2.24) is 10.3 Å². The van der Waals surface area contributed by atoms with Gasteiger partial charge in [-0.25, -0.2) is 9.78 Å². The van der Waals surface area contributed by atoms with E-state index in [1.54, 1.807) is 0 Å². The third kappa shape index (κ3) is 6.52. The molecule has 2 amide bonds. The van der Waals surface area contributed by atoms with Gasteiger partial charge in [0, 0.05) is 4.88 Å². The Morgan fingerprint density at radius 2 is 2.16 bits per heavy atom. The number of rotatable bonds is 6. The highest BCUT2D eigenvalue weighted by molar-refractivity contribution is 7.15. The van der Waals surface area contributed by atoms with E-state index in [1.807, 2.05) is 5.32 Å². The number of carbonyl (C=O) groups excluding carboxylic acids is 2. The van der Waals surface area contributed by atoms with Crippen LogP contribution in [0.5, 0.6) is 0 Å². The van der Waals surface area contributed by atoms with Gasteiger partial charge in [0.25, 0.3) is 0 Å². The number of thiazole rings is 1. The summed E-state index contributed by atoms with van der Waals surface area (Å²) in [4.78, 5) is 28.4. The fraction of sp³-hybridized carbons (Fsp3) is 0.667. The number of carbonyl (C=O) groups is 2. The van der Waals surface area contributed by atoms with Crippen molar-refractivity contribution in [2.45, 2.75) is 45.2 Å². The first-order chi connectivity index (χ1) is 11.8. The van der Waals surface area contributed by atoms with Crippen LogP contribution in [0.1, 0.15) is 36.8 Å². The zero-order valence-electron chi connectivity index (χ0n) is 13.7. The van der Waals surface area contributed by atoms with Crippen molar-refractivity contribution in [2.75, 3.05) is 18.5 Å². The lowest BCUT2D eigenvalue weighted by atomic mass is 9.88. The number of ether oxygens (including phenoxy) is 1. The van der Waals surface area contributed by atoms with Crippen LogP contribution < -0.4 is 10.6 Å². The van der Waals surface area contributed by atoms with Crippen LogP contribution in [0.25, 0.3) is 0 Å². The Bertz CT molecular complexity index is 619. The van der Waals surface area contributed by atoms with E-state index in [2.05, 4.69) is 22.0 Å². The molecule has 0 fully saturated rings. The summed E-state index contributed by atoms with van der Waals surface area (Å²) in [6.07, 6.45) is -0.665. The third-order valence-corrected chi connectivity index (χ3v) is 4.78. The molecule has 2 rings (SSSR count). The molecule has 1 aliphatic rings. The number of hydrogen-bond acceptors (Lipinski definition) is 5. The number of hydrogen-bond donors (Lipinski definition) is 2. The van der Waals surface area contributed by atoms with Gasteiger partial charge in [-0.3, -0.25) is 4.79 Å². The van der Waals surface area contributed by atoms with Gasteiger partial charge in [0.1, 0.15) is 6.54 Å². The molecule has 1 atom stereocenters. The molecule has 0 aliphatic heterocycles. The molecule has 0 radical (unpaired) electrons. The van der Waals surface area contributed by atoms with E-state index in [9.17, 15) is 22.8 Å². The molecule has 1 aromatic rings. The summed E-state index contributed by atoms with van der Waals surface area (Å²) in [5.74, 6) is 0.0757. The molecule has 0 saturated heterocycles. The Labute approximate surface area is 147 Å². The number of fused-ring (bicyclic) bond motifs is 1. The Morgan fingerprint density at radius 1 is 1.40 bits per heavy atom. The molecule has 1 aliphatic carbocycles. The van der Waals surface area contributed by atoms with Crippen molar-refractivity contribution in [1.29, 1.82) is 0 Å². The molecule has 0 saturated carbocycles. The molecule has 140 valence electrons. The molecule has 2 N–H and O–H groups in total. The topological polar surface area (TPSA) is 80.3 Å². The summed E-state index contributed by atoms with van der Waals surface area (Å²) < 4.78 is 39.6. The summed E-state index contributed by atoms with van der Waals surface area (Å²) in [6.45, 7) is -0.0292. The number of nitrogens with one attached hydrogen (secondary N) is 2. The van der Waals surface area contributed by atoms with E-state index in [0.29, 0.717) is 11.0 Å². The highest BCUT2D eigenvalue weighted by Crippen LogP contribution is 2.33. The molecule has 10 heteroatoms. The fourth-order valence-electron chi connectivity index (χ4n) is 2.67. The van der Waals surface area contributed by atoms with Gasteiger partial charge in [0.15, 0.2) is 11.7 Å². The van der Waals surface area contributed by atoms with Gasteiger partial charge in [-0.1, -0.05) is 19.8 Å². The Hall–Kier alpha value is -1.84. The summed E-state index contributed by atoms with van der Waals surface area (Å²) in [5.41, 5.74) is 0.991. The van der Waals surface area contributed by atoms with Crippen LogP contribution in [0.4, 0.5) is 23.1 Å². The minimum Gasteiger partial charge on any atom is -0.440 e. The van der Waals surface area contributed by atoms with E-state index in [4.69, 9.17) is 0 Å². The average Bonchev–Trinajstić information content (AvgIpc) is 2.92. The molecule has 1 unspecified atom stereocenters. The van der Waals surface area contributed by atoms with Gasteiger partial charge < -0.3 is 15.4 Å². The molecular formula is C15H20F3N3O3S. The van der Waals surface area contributed by atoms with E-state index in [1.165, 1.54) is 17.8 Å². The Balaban J connectivity index is 1.77. The Morgan fingerprint density at radius 3 is 2.84 bits per heavy atom. The highest BCUT2D eigenvalue weighted by Gasteiger charge is 2.29. The average molecular weight is 379 g/mol. The van der Waals surface area contributed by atoms with Crippen molar-refractivity contribution in [2.24, 2.45) is 5.92 Å². The smallest absolute Gasteiger partial charge is 0.422 e. The van der Waals surface area contributed by atoms with Crippen LogP contribution in [-0.4, -0.2) is 36.3 Å². The number of amides is 2. The fourth-order valence-corrected chi connectivity index (χ4v) is 3.80. The number of halogens is 3. The van der Waals surface area contributed by atoms with Crippen LogP contribution in [0.2, 0.25) is 0 Å². The normalized spacial score (nSPS) is 16.9. The molecule has 6 nitrogen and oxygen atoms in total. The van der Waals surface area contributed by atoms with Crippen LogP contribution in [0, 0.1) is 5.92 Å². The van der Waals surface area contributed by atoms with Crippen molar-refractivity contribution in [3.8, 4) is 0 Å². The predicted molar refractivity (Wildman–Crippen MR) is 86.6 cm³/mol. The van der Waals surface area contributed by atoms with E-state index >= 15 is 0 Å². The van der Waals surface area contributed by atoms with E-state index in [-0.39, 0.29) is 0 Å². The zero-order valence-corrected chi connectivity index (χ0v) is 14.6. The Kier molecular flexibility index (Phi) is 6.63. The standard InChI is InChI=1S/C15H20F3N3O3S/c1-2-3-9-4-5-10-11(6-9)25-13(20-10)21-12(22)7-19-14(23)24-8-15(16,17)18/h9H,2-8H2,1H3,(H,19,23)(H,20,21,22). The summed E-state index contributed by atoms with van der Waals surface area (Å²) in [6, 6.07) is 0. The van der Waals surface area contributed by atoms with Crippen LogP contribution >= 0.6 is 11.3 Å². The van der Waals surface area contributed by atoms with Gasteiger partial charge in [0.2, 0.25) is 5.91 Å². The number of aromatic nitrogens is 1. The van der Waals surface area contributed by atoms with Crippen molar-refractivity contribution in [3.05, 3.63) is 10.6 Å². The van der Waals surface area contributed by atoms with E-state index < -0.39 is 31.3 Å². The summed E-state index contributed by atoms with van der Waals surface area (Å²) in [5, 5.41) is 4.96. The maximum absolute atomic E-state index is 11.9. The SMILES string of the molecule is CCCC1CCc2nc(NC(=O)CNC(=O)OCC(F)(F)F)sc2C1. The van der Waals surface area contributed by atoms with Gasteiger partial charge >= 0.3 is 12.3 Å². The van der Waals surface area contributed by atoms with Gasteiger partial charge in [-0.05, 0) is 25.2 Å². The molecule has 0 bridgehead atoms. The van der Waals surface area contributed by atoms with Crippen molar-refractivity contribution >= 4 is 28.5 Å². The van der Waals surface area contributed by atoms with Gasteiger partial charge in [-0.2, -0.15) is 13.2 Å². The number of aryl methyl sites for hydroxylation is 1.